The average molecular weight is 407 g/mol. The Morgan fingerprint density at radius 3 is 2.66 bits per heavy atom. The molecule has 7 heteroatoms. The topological polar surface area (TPSA) is 73.0 Å². The minimum atomic E-state index is -0.396. The van der Waals surface area contributed by atoms with Gasteiger partial charge in [0.05, 0.1) is 16.2 Å². The van der Waals surface area contributed by atoms with Gasteiger partial charge in [0.2, 0.25) is 0 Å². The molecule has 4 aromatic rings. The highest BCUT2D eigenvalue weighted by molar-refractivity contribution is 6.32. The molecule has 0 atom stereocenters. The summed E-state index contributed by atoms with van der Waals surface area (Å²) >= 11 is 6.42. The summed E-state index contributed by atoms with van der Waals surface area (Å²) in [5, 5.41) is 8.55. The van der Waals surface area contributed by atoms with Crippen LogP contribution in [0.4, 0.5) is 11.5 Å². The predicted molar refractivity (Wildman–Crippen MR) is 114 cm³/mol. The fourth-order valence-corrected chi connectivity index (χ4v) is 3.87. The van der Waals surface area contributed by atoms with Gasteiger partial charge >= 0.3 is 5.69 Å². The standard InChI is InChI=1S/C22H19ClN4O2/c1-12-20(13(2)29-26-12)24-21-16-10-9-15(14-7-8-14)11-19(16)27(22(28)25-21)18-6-4-3-5-17(18)23/h3-6,9-11,14H,7-8H2,1-2H3,(H,24,25,28). The van der Waals surface area contributed by atoms with Gasteiger partial charge in [-0.3, -0.25) is 4.57 Å². The maximum Gasteiger partial charge on any atom is 0.354 e. The maximum absolute atomic E-state index is 13.1. The number of aromatic nitrogens is 3. The summed E-state index contributed by atoms with van der Waals surface area (Å²) in [7, 11) is 0. The minimum Gasteiger partial charge on any atom is -0.359 e. The number of anilines is 2. The highest BCUT2D eigenvalue weighted by Crippen LogP contribution is 2.41. The summed E-state index contributed by atoms with van der Waals surface area (Å²) in [6, 6.07) is 13.5. The Labute approximate surface area is 172 Å². The van der Waals surface area contributed by atoms with E-state index in [0.29, 0.717) is 33.9 Å². The van der Waals surface area contributed by atoms with Gasteiger partial charge in [-0.15, -0.1) is 0 Å². The molecule has 1 N–H and O–H groups in total. The lowest BCUT2D eigenvalue weighted by atomic mass is 10.1. The number of benzene rings is 2. The molecular weight excluding hydrogens is 388 g/mol. The van der Waals surface area contributed by atoms with Crippen molar-refractivity contribution in [1.29, 1.82) is 0 Å². The van der Waals surface area contributed by atoms with Gasteiger partial charge in [-0.1, -0.05) is 35.0 Å². The van der Waals surface area contributed by atoms with Gasteiger partial charge in [0, 0.05) is 5.39 Å². The number of rotatable bonds is 4. The quantitative estimate of drug-likeness (QED) is 0.500. The van der Waals surface area contributed by atoms with Crippen LogP contribution in [0.3, 0.4) is 0 Å². The van der Waals surface area contributed by atoms with Gasteiger partial charge in [-0.2, -0.15) is 4.98 Å². The van der Waals surface area contributed by atoms with E-state index in [2.05, 4.69) is 27.6 Å². The first-order chi connectivity index (χ1) is 14.0. The van der Waals surface area contributed by atoms with E-state index in [4.69, 9.17) is 16.1 Å². The predicted octanol–water partition coefficient (Wildman–Crippen LogP) is 5.26. The number of nitrogens with zero attached hydrogens (tertiary/aromatic N) is 3. The monoisotopic (exact) mass is 406 g/mol. The summed E-state index contributed by atoms with van der Waals surface area (Å²) in [5.41, 5.74) is 3.66. The van der Waals surface area contributed by atoms with E-state index in [1.54, 1.807) is 10.6 Å². The Morgan fingerprint density at radius 2 is 1.97 bits per heavy atom. The zero-order chi connectivity index (χ0) is 20.1. The van der Waals surface area contributed by atoms with Gasteiger partial charge < -0.3 is 9.84 Å². The SMILES string of the molecule is Cc1noc(C)c1Nc1nc(=O)n(-c2ccccc2Cl)c2cc(C3CC3)ccc12. The third-order valence-electron chi connectivity index (χ3n) is 5.34. The van der Waals surface area contributed by atoms with Gasteiger partial charge in [0.1, 0.15) is 17.2 Å². The van der Waals surface area contributed by atoms with Crippen LogP contribution in [-0.2, 0) is 0 Å². The van der Waals surface area contributed by atoms with Crippen molar-refractivity contribution in [3.8, 4) is 5.69 Å². The van der Waals surface area contributed by atoms with E-state index in [-0.39, 0.29) is 0 Å². The molecule has 29 heavy (non-hydrogen) atoms. The zero-order valence-corrected chi connectivity index (χ0v) is 16.8. The van der Waals surface area contributed by atoms with Crippen molar-refractivity contribution in [3.63, 3.8) is 0 Å². The first kappa shape index (κ1) is 17.9. The Kier molecular flexibility index (Phi) is 4.17. The van der Waals surface area contributed by atoms with Crippen molar-refractivity contribution in [3.05, 3.63) is 75.0 Å². The number of hydrogen-bond donors (Lipinski definition) is 1. The summed E-state index contributed by atoms with van der Waals surface area (Å²) in [6.07, 6.45) is 2.36. The number of halogens is 1. The summed E-state index contributed by atoms with van der Waals surface area (Å²) in [4.78, 5) is 17.5. The molecule has 0 bridgehead atoms. The van der Waals surface area contributed by atoms with E-state index in [1.807, 2.05) is 38.1 Å². The van der Waals surface area contributed by atoms with E-state index < -0.39 is 5.69 Å². The molecule has 0 saturated heterocycles. The summed E-state index contributed by atoms with van der Waals surface area (Å²) in [6.45, 7) is 3.66. The molecule has 0 spiro atoms. The van der Waals surface area contributed by atoms with Crippen molar-refractivity contribution in [2.45, 2.75) is 32.6 Å². The number of para-hydroxylation sites is 1. The number of nitrogens with one attached hydrogen (secondary N) is 1. The maximum atomic E-state index is 13.1. The molecule has 1 fully saturated rings. The number of hydrogen-bond acceptors (Lipinski definition) is 5. The molecule has 6 nitrogen and oxygen atoms in total. The van der Waals surface area contributed by atoms with Crippen molar-refractivity contribution in [1.82, 2.24) is 14.7 Å². The lowest BCUT2D eigenvalue weighted by Gasteiger charge is -2.15. The molecule has 146 valence electrons. The molecule has 0 amide bonds. The van der Waals surface area contributed by atoms with E-state index >= 15 is 0 Å². The smallest absolute Gasteiger partial charge is 0.354 e. The minimum absolute atomic E-state index is 0.396. The van der Waals surface area contributed by atoms with Crippen LogP contribution in [0.15, 0.2) is 51.8 Å². The van der Waals surface area contributed by atoms with Crippen molar-refractivity contribution >= 4 is 34.0 Å². The van der Waals surface area contributed by atoms with Crippen molar-refractivity contribution in [2.24, 2.45) is 0 Å². The zero-order valence-electron chi connectivity index (χ0n) is 16.1. The first-order valence-corrected chi connectivity index (χ1v) is 9.92. The van der Waals surface area contributed by atoms with Crippen LogP contribution in [0.25, 0.3) is 16.6 Å². The van der Waals surface area contributed by atoms with Gasteiger partial charge in [-0.25, -0.2) is 4.79 Å². The normalized spacial score (nSPS) is 13.8. The molecule has 2 aromatic carbocycles. The Bertz CT molecular complexity index is 1280. The highest BCUT2D eigenvalue weighted by Gasteiger charge is 2.25. The second kappa shape index (κ2) is 6.74. The lowest BCUT2D eigenvalue weighted by Crippen LogP contribution is -2.23. The Morgan fingerprint density at radius 1 is 1.17 bits per heavy atom. The molecule has 1 aliphatic carbocycles. The molecule has 0 unspecified atom stereocenters. The lowest BCUT2D eigenvalue weighted by molar-refractivity contribution is 0.393. The second-order valence-corrected chi connectivity index (χ2v) is 7.81. The van der Waals surface area contributed by atoms with Crippen LogP contribution in [0, 0.1) is 13.8 Å². The van der Waals surface area contributed by atoms with Gasteiger partial charge in [0.15, 0.2) is 5.76 Å². The Hall–Kier alpha value is -3.12. The number of aryl methyl sites for hydroxylation is 2. The van der Waals surface area contributed by atoms with Crippen LogP contribution in [-0.4, -0.2) is 14.7 Å². The van der Waals surface area contributed by atoms with Crippen molar-refractivity contribution in [2.75, 3.05) is 5.32 Å². The third-order valence-corrected chi connectivity index (χ3v) is 5.66. The fraction of sp³-hybridized carbons (Fsp3) is 0.227. The van der Waals surface area contributed by atoms with E-state index in [1.165, 1.54) is 18.4 Å². The van der Waals surface area contributed by atoms with Crippen LogP contribution in [0.2, 0.25) is 5.02 Å². The fourth-order valence-electron chi connectivity index (χ4n) is 3.65. The van der Waals surface area contributed by atoms with E-state index in [9.17, 15) is 4.79 Å². The molecular formula is C22H19ClN4O2. The number of fused-ring (bicyclic) bond motifs is 1. The molecule has 5 rings (SSSR count). The molecule has 2 heterocycles. The molecule has 0 radical (unpaired) electrons. The third kappa shape index (κ3) is 3.09. The van der Waals surface area contributed by atoms with Crippen LogP contribution in [0.1, 0.15) is 35.8 Å². The van der Waals surface area contributed by atoms with Crippen molar-refractivity contribution < 1.29 is 4.52 Å². The Balaban J connectivity index is 1.78. The molecule has 2 aromatic heterocycles. The molecule has 0 aliphatic heterocycles. The highest BCUT2D eigenvalue weighted by atomic mass is 35.5. The molecule has 1 aliphatic rings. The van der Waals surface area contributed by atoms with Crippen LogP contribution < -0.4 is 11.0 Å². The second-order valence-electron chi connectivity index (χ2n) is 7.40. The van der Waals surface area contributed by atoms with Gasteiger partial charge in [0.25, 0.3) is 0 Å². The van der Waals surface area contributed by atoms with Crippen LogP contribution >= 0.6 is 11.6 Å². The summed E-state index contributed by atoms with van der Waals surface area (Å²) in [5.74, 6) is 1.67. The average Bonchev–Trinajstić information content (AvgIpc) is 3.51. The largest absolute Gasteiger partial charge is 0.359 e. The molecule has 1 saturated carbocycles. The van der Waals surface area contributed by atoms with E-state index in [0.717, 1.165) is 16.6 Å². The van der Waals surface area contributed by atoms with Crippen LogP contribution in [0.5, 0.6) is 0 Å². The van der Waals surface area contributed by atoms with Gasteiger partial charge in [-0.05, 0) is 62.4 Å². The first-order valence-electron chi connectivity index (χ1n) is 9.54. The summed E-state index contributed by atoms with van der Waals surface area (Å²) < 4.78 is 6.82.